The zero-order valence-corrected chi connectivity index (χ0v) is 13.5. The van der Waals surface area contributed by atoms with Gasteiger partial charge in [0.2, 0.25) is 0 Å². The zero-order valence-electron chi connectivity index (χ0n) is 11.8. The molecule has 0 fully saturated rings. The number of nitrogens with zero attached hydrogens (tertiary/aromatic N) is 1. The second-order valence-corrected chi connectivity index (χ2v) is 6.58. The van der Waals surface area contributed by atoms with Crippen LogP contribution in [0.25, 0.3) is 0 Å². The van der Waals surface area contributed by atoms with Crippen molar-refractivity contribution in [3.63, 3.8) is 0 Å². The van der Waals surface area contributed by atoms with Gasteiger partial charge < -0.3 is 4.84 Å². The van der Waals surface area contributed by atoms with Gasteiger partial charge in [-0.1, -0.05) is 36.4 Å². The third-order valence-corrected chi connectivity index (χ3v) is 4.71. The monoisotopic (exact) mass is 305 g/mol. The summed E-state index contributed by atoms with van der Waals surface area (Å²) >= 11 is 6.92. The van der Waals surface area contributed by atoms with E-state index < -0.39 is 0 Å². The number of aryl methyl sites for hydroxylation is 1. The molecule has 0 aliphatic rings. The SMILES string of the molecule is C=CCC(COn1c(C)c(C)sc1=S)c1ccccc1. The van der Waals surface area contributed by atoms with Gasteiger partial charge in [-0.3, -0.25) is 0 Å². The maximum Gasteiger partial charge on any atom is 0.196 e. The van der Waals surface area contributed by atoms with Crippen LogP contribution in [0.3, 0.4) is 0 Å². The molecule has 0 aliphatic carbocycles. The Morgan fingerprint density at radius 1 is 1.35 bits per heavy atom. The summed E-state index contributed by atoms with van der Waals surface area (Å²) in [7, 11) is 0. The van der Waals surface area contributed by atoms with Crippen LogP contribution in [-0.2, 0) is 0 Å². The van der Waals surface area contributed by atoms with Crippen LogP contribution in [0.2, 0.25) is 0 Å². The normalized spacial score (nSPS) is 12.1. The van der Waals surface area contributed by atoms with E-state index in [0.717, 1.165) is 16.1 Å². The summed E-state index contributed by atoms with van der Waals surface area (Å²) in [5, 5.41) is 0. The average molecular weight is 305 g/mol. The number of thiazole rings is 1. The molecule has 0 radical (unpaired) electrons. The molecule has 1 unspecified atom stereocenters. The van der Waals surface area contributed by atoms with Crippen LogP contribution in [0.15, 0.2) is 43.0 Å². The molecule has 0 amide bonds. The van der Waals surface area contributed by atoms with Crippen LogP contribution in [0, 0.1) is 17.8 Å². The van der Waals surface area contributed by atoms with Gasteiger partial charge in [-0.15, -0.1) is 17.9 Å². The molecule has 2 aromatic rings. The highest BCUT2D eigenvalue weighted by Crippen LogP contribution is 2.21. The highest BCUT2D eigenvalue weighted by Gasteiger charge is 2.13. The quantitative estimate of drug-likeness (QED) is 0.568. The first kappa shape index (κ1) is 15.0. The van der Waals surface area contributed by atoms with Crippen molar-refractivity contribution in [1.29, 1.82) is 0 Å². The van der Waals surface area contributed by atoms with Crippen LogP contribution in [-0.4, -0.2) is 11.3 Å². The lowest BCUT2D eigenvalue weighted by Crippen LogP contribution is -2.19. The van der Waals surface area contributed by atoms with Crippen molar-refractivity contribution in [2.45, 2.75) is 26.2 Å². The van der Waals surface area contributed by atoms with E-state index in [1.165, 1.54) is 10.4 Å². The zero-order chi connectivity index (χ0) is 14.5. The predicted molar refractivity (Wildman–Crippen MR) is 88.1 cm³/mol. The van der Waals surface area contributed by atoms with Gasteiger partial charge in [0.1, 0.15) is 6.61 Å². The number of benzene rings is 1. The Bertz CT molecular complexity index is 628. The molecular weight excluding hydrogens is 286 g/mol. The number of hydrogen-bond acceptors (Lipinski definition) is 3. The average Bonchev–Trinajstić information content (AvgIpc) is 2.70. The van der Waals surface area contributed by atoms with Gasteiger partial charge >= 0.3 is 0 Å². The minimum Gasteiger partial charge on any atom is -0.411 e. The lowest BCUT2D eigenvalue weighted by Gasteiger charge is -2.17. The highest BCUT2D eigenvalue weighted by molar-refractivity contribution is 7.73. The smallest absolute Gasteiger partial charge is 0.196 e. The Morgan fingerprint density at radius 2 is 2.05 bits per heavy atom. The van der Waals surface area contributed by atoms with Gasteiger partial charge in [0, 0.05) is 10.8 Å². The van der Waals surface area contributed by atoms with Crippen LogP contribution < -0.4 is 4.84 Å². The number of rotatable bonds is 6. The largest absolute Gasteiger partial charge is 0.411 e. The van der Waals surface area contributed by atoms with E-state index >= 15 is 0 Å². The molecule has 0 saturated carbocycles. The van der Waals surface area contributed by atoms with Crippen LogP contribution in [0.4, 0.5) is 0 Å². The molecule has 0 N–H and O–H groups in total. The summed E-state index contributed by atoms with van der Waals surface area (Å²) in [5.41, 5.74) is 2.36. The summed E-state index contributed by atoms with van der Waals surface area (Å²) in [6.45, 7) is 8.54. The molecule has 0 saturated heterocycles. The van der Waals surface area contributed by atoms with Crippen molar-refractivity contribution in [3.05, 3.63) is 63.1 Å². The second kappa shape index (κ2) is 6.86. The molecule has 106 valence electrons. The fraction of sp³-hybridized carbons (Fsp3) is 0.312. The molecule has 1 atom stereocenters. The lowest BCUT2D eigenvalue weighted by molar-refractivity contribution is 0.0926. The number of aromatic nitrogens is 1. The molecular formula is C16H19NOS2. The van der Waals surface area contributed by atoms with Gasteiger partial charge in [-0.2, -0.15) is 4.73 Å². The topological polar surface area (TPSA) is 14.2 Å². The van der Waals surface area contributed by atoms with Gasteiger partial charge in [-0.25, -0.2) is 0 Å². The Balaban J connectivity index is 2.14. The van der Waals surface area contributed by atoms with Gasteiger partial charge in [0.05, 0.1) is 5.69 Å². The standard InChI is InChI=1S/C16H19NOS2/c1-4-8-15(14-9-6-5-7-10-14)11-18-17-12(2)13(3)20-16(17)19/h4-7,9-10,15H,1,8,11H2,2-3H3. The van der Waals surface area contributed by atoms with Crippen molar-refractivity contribution < 1.29 is 4.84 Å². The Morgan fingerprint density at radius 3 is 2.60 bits per heavy atom. The molecule has 1 heterocycles. The lowest BCUT2D eigenvalue weighted by atomic mass is 9.97. The molecule has 2 rings (SSSR count). The van der Waals surface area contributed by atoms with Crippen molar-refractivity contribution in [3.8, 4) is 0 Å². The summed E-state index contributed by atoms with van der Waals surface area (Å²) in [4.78, 5) is 7.14. The van der Waals surface area contributed by atoms with E-state index in [9.17, 15) is 0 Å². The van der Waals surface area contributed by atoms with E-state index in [1.807, 2.05) is 19.1 Å². The van der Waals surface area contributed by atoms with E-state index in [4.69, 9.17) is 17.1 Å². The maximum absolute atomic E-state index is 5.93. The molecule has 1 aromatic heterocycles. The first-order valence-electron chi connectivity index (χ1n) is 6.61. The van der Waals surface area contributed by atoms with Crippen LogP contribution in [0.1, 0.15) is 28.5 Å². The molecule has 0 bridgehead atoms. The molecule has 0 aliphatic heterocycles. The van der Waals surface area contributed by atoms with E-state index in [-0.39, 0.29) is 0 Å². The fourth-order valence-electron chi connectivity index (χ4n) is 2.07. The van der Waals surface area contributed by atoms with Crippen molar-refractivity contribution in [1.82, 2.24) is 4.73 Å². The molecule has 0 spiro atoms. The Labute approximate surface area is 129 Å². The highest BCUT2D eigenvalue weighted by atomic mass is 32.1. The summed E-state index contributed by atoms with van der Waals surface area (Å²) in [6.07, 6.45) is 2.82. The third kappa shape index (κ3) is 3.38. The first-order valence-corrected chi connectivity index (χ1v) is 7.84. The van der Waals surface area contributed by atoms with E-state index in [0.29, 0.717) is 12.5 Å². The molecule has 20 heavy (non-hydrogen) atoms. The predicted octanol–water partition coefficient (Wildman–Crippen LogP) is 4.68. The maximum atomic E-state index is 5.93. The van der Waals surface area contributed by atoms with Crippen LogP contribution >= 0.6 is 23.6 Å². The van der Waals surface area contributed by atoms with Crippen molar-refractivity contribution in [2.24, 2.45) is 0 Å². The summed E-state index contributed by atoms with van der Waals surface area (Å²) in [5.74, 6) is 0.301. The molecule has 2 nitrogen and oxygen atoms in total. The number of hydrogen-bond donors (Lipinski definition) is 0. The van der Waals surface area contributed by atoms with Crippen LogP contribution in [0.5, 0.6) is 0 Å². The Kier molecular flexibility index (Phi) is 5.15. The van der Waals surface area contributed by atoms with Crippen molar-refractivity contribution in [2.75, 3.05) is 6.61 Å². The fourth-order valence-corrected chi connectivity index (χ4v) is 3.40. The first-order chi connectivity index (χ1) is 9.63. The van der Waals surface area contributed by atoms with Gasteiger partial charge in [-0.05, 0) is 38.0 Å². The second-order valence-electron chi connectivity index (χ2n) is 4.73. The van der Waals surface area contributed by atoms with Crippen molar-refractivity contribution >= 4 is 23.6 Å². The minimum atomic E-state index is 0.301. The molecule has 1 aromatic carbocycles. The van der Waals surface area contributed by atoms with Gasteiger partial charge in [0.15, 0.2) is 3.95 Å². The van der Waals surface area contributed by atoms with E-state index in [2.05, 4.69) is 37.8 Å². The van der Waals surface area contributed by atoms with E-state index in [1.54, 1.807) is 16.1 Å². The summed E-state index contributed by atoms with van der Waals surface area (Å²) in [6, 6.07) is 10.4. The Hall–Kier alpha value is -1.39. The number of allylic oxidation sites excluding steroid dienone is 1. The third-order valence-electron chi connectivity index (χ3n) is 3.35. The minimum absolute atomic E-state index is 0.301. The van der Waals surface area contributed by atoms with Gasteiger partial charge in [0.25, 0.3) is 0 Å². The molecule has 4 heteroatoms. The summed E-state index contributed by atoms with van der Waals surface area (Å²) < 4.78 is 2.54.